The molecule has 0 bridgehead atoms. The molecule has 0 saturated heterocycles. The molecule has 0 unspecified atom stereocenters. The first kappa shape index (κ1) is 7.28. The lowest BCUT2D eigenvalue weighted by molar-refractivity contribution is 0.231. The molecule has 1 radical (unpaired) electrons. The Morgan fingerprint density at radius 3 is 3.20 bits per heavy atom. The maximum Gasteiger partial charge on any atom is 0.205 e. The van der Waals surface area contributed by atoms with Crippen LogP contribution < -0.4 is 0 Å². The van der Waals surface area contributed by atoms with Crippen molar-refractivity contribution in [3.8, 4) is 0 Å². The lowest BCUT2D eigenvalue weighted by Gasteiger charge is -1.90. The predicted octanol–water partition coefficient (Wildman–Crippen LogP) is 2.28. The Hall–Kier alpha value is -0.830. The molecular formula is C7H8NOS. The largest absolute Gasteiger partial charge is 0.383 e. The zero-order valence-corrected chi connectivity index (χ0v) is 6.47. The number of hydrogen-bond acceptors (Lipinski definition) is 3. The average molecular weight is 154 g/mol. The van der Waals surface area contributed by atoms with Gasteiger partial charge in [-0.1, -0.05) is 11.2 Å². The molecule has 0 amide bonds. The molecule has 0 spiro atoms. The lowest BCUT2D eigenvalue weighted by atomic mass is 10.5. The minimum Gasteiger partial charge on any atom is -0.383 e. The summed E-state index contributed by atoms with van der Waals surface area (Å²) in [7, 11) is 0. The third-order valence-electron chi connectivity index (χ3n) is 0.878. The van der Waals surface area contributed by atoms with Gasteiger partial charge in [-0.2, -0.15) is 0 Å². The molecule has 0 N–H and O–H groups in total. The van der Waals surface area contributed by atoms with E-state index in [0.717, 1.165) is 4.88 Å². The van der Waals surface area contributed by atoms with Crippen LogP contribution in [0, 0.1) is 6.61 Å². The van der Waals surface area contributed by atoms with Gasteiger partial charge in [0, 0.05) is 6.21 Å². The first-order valence-corrected chi connectivity index (χ1v) is 3.82. The Balaban J connectivity index is 2.28. The van der Waals surface area contributed by atoms with Crippen LogP contribution in [0.1, 0.15) is 11.8 Å². The molecule has 2 nitrogen and oxygen atoms in total. The number of thiophene rings is 1. The van der Waals surface area contributed by atoms with Crippen LogP contribution >= 0.6 is 11.3 Å². The van der Waals surface area contributed by atoms with Crippen LogP contribution in [0.4, 0.5) is 0 Å². The van der Waals surface area contributed by atoms with Crippen LogP contribution in [0.3, 0.4) is 0 Å². The van der Waals surface area contributed by atoms with Crippen LogP contribution in [0.2, 0.25) is 0 Å². The van der Waals surface area contributed by atoms with Crippen LogP contribution in [-0.2, 0) is 4.84 Å². The quantitative estimate of drug-likeness (QED) is 0.483. The minimum absolute atomic E-state index is 1.07. The van der Waals surface area contributed by atoms with Crippen molar-refractivity contribution < 1.29 is 4.84 Å². The fraction of sp³-hybridized carbons (Fsp3) is 0.143. The molecule has 10 heavy (non-hydrogen) atoms. The van der Waals surface area contributed by atoms with Crippen molar-refractivity contribution in [3.05, 3.63) is 29.0 Å². The van der Waals surface area contributed by atoms with Crippen molar-refractivity contribution in [2.75, 3.05) is 0 Å². The fourth-order valence-corrected chi connectivity index (χ4v) is 1.07. The minimum atomic E-state index is 1.07. The molecule has 0 aromatic carbocycles. The molecule has 0 aliphatic carbocycles. The van der Waals surface area contributed by atoms with E-state index in [9.17, 15) is 0 Å². The highest BCUT2D eigenvalue weighted by Crippen LogP contribution is 2.10. The number of hydrogen-bond donors (Lipinski definition) is 0. The summed E-state index contributed by atoms with van der Waals surface area (Å²) in [6.45, 7) is 3.42. The van der Waals surface area contributed by atoms with E-state index >= 15 is 0 Å². The Morgan fingerprint density at radius 1 is 1.70 bits per heavy atom. The second kappa shape index (κ2) is 4.06. The number of nitrogens with zero attached hydrogens (tertiary/aromatic N) is 1. The first-order valence-electron chi connectivity index (χ1n) is 2.94. The molecule has 3 heteroatoms. The topological polar surface area (TPSA) is 21.6 Å². The SMILES string of the molecule is CC=NO[CH]c1cccs1. The molecular weight excluding hydrogens is 146 g/mol. The smallest absolute Gasteiger partial charge is 0.205 e. The van der Waals surface area contributed by atoms with Crippen molar-refractivity contribution >= 4 is 17.6 Å². The monoisotopic (exact) mass is 154 g/mol. The summed E-state index contributed by atoms with van der Waals surface area (Å²) >= 11 is 1.62. The highest BCUT2D eigenvalue weighted by Gasteiger charge is 1.91. The highest BCUT2D eigenvalue weighted by molar-refractivity contribution is 7.10. The molecule has 0 aliphatic heterocycles. The molecule has 1 aromatic heterocycles. The van der Waals surface area contributed by atoms with E-state index < -0.39 is 0 Å². The second-order valence-electron chi connectivity index (χ2n) is 1.60. The van der Waals surface area contributed by atoms with Gasteiger partial charge in [0.1, 0.15) is 0 Å². The zero-order valence-electron chi connectivity index (χ0n) is 5.65. The van der Waals surface area contributed by atoms with E-state index in [4.69, 9.17) is 4.84 Å². The predicted molar refractivity (Wildman–Crippen MR) is 43.0 cm³/mol. The number of rotatable bonds is 3. The molecule has 53 valence electrons. The van der Waals surface area contributed by atoms with E-state index in [-0.39, 0.29) is 0 Å². The third kappa shape index (κ3) is 2.19. The van der Waals surface area contributed by atoms with E-state index in [1.165, 1.54) is 0 Å². The Bertz CT molecular complexity index is 193. The third-order valence-corrected chi connectivity index (χ3v) is 1.68. The van der Waals surface area contributed by atoms with Gasteiger partial charge in [0.25, 0.3) is 0 Å². The molecule has 0 aliphatic rings. The van der Waals surface area contributed by atoms with Crippen molar-refractivity contribution in [2.45, 2.75) is 6.92 Å². The van der Waals surface area contributed by atoms with Crippen molar-refractivity contribution in [2.24, 2.45) is 5.16 Å². The van der Waals surface area contributed by atoms with Crippen LogP contribution in [-0.4, -0.2) is 6.21 Å². The molecule has 1 heterocycles. The Kier molecular flexibility index (Phi) is 2.96. The molecule has 1 aromatic rings. The van der Waals surface area contributed by atoms with Gasteiger partial charge in [-0.05, 0) is 18.4 Å². The van der Waals surface area contributed by atoms with Gasteiger partial charge < -0.3 is 4.84 Å². The molecule has 0 fully saturated rings. The zero-order chi connectivity index (χ0) is 7.23. The number of oxime groups is 1. The van der Waals surface area contributed by atoms with Gasteiger partial charge >= 0.3 is 0 Å². The van der Waals surface area contributed by atoms with Gasteiger partial charge in [0.2, 0.25) is 6.61 Å². The second-order valence-corrected chi connectivity index (χ2v) is 2.58. The van der Waals surface area contributed by atoms with Gasteiger partial charge in [-0.25, -0.2) is 0 Å². The van der Waals surface area contributed by atoms with Gasteiger partial charge in [0.15, 0.2) is 0 Å². The maximum absolute atomic E-state index is 4.78. The van der Waals surface area contributed by atoms with Crippen molar-refractivity contribution in [1.29, 1.82) is 0 Å². The van der Waals surface area contributed by atoms with E-state index in [1.54, 1.807) is 24.2 Å². The summed E-state index contributed by atoms with van der Waals surface area (Å²) in [4.78, 5) is 5.86. The van der Waals surface area contributed by atoms with Crippen molar-refractivity contribution in [3.63, 3.8) is 0 Å². The van der Waals surface area contributed by atoms with Gasteiger partial charge in [0.05, 0.1) is 4.88 Å². The van der Waals surface area contributed by atoms with Crippen LogP contribution in [0.25, 0.3) is 0 Å². The Labute approximate surface area is 64.1 Å². The standard InChI is InChI=1S/C7H8NOS/c1-2-8-9-6-7-4-3-5-10-7/h2-6H,1H3. The molecule has 1 rings (SSSR count). The van der Waals surface area contributed by atoms with Crippen LogP contribution in [0.15, 0.2) is 22.7 Å². The van der Waals surface area contributed by atoms with Gasteiger partial charge in [-0.15, -0.1) is 11.3 Å². The van der Waals surface area contributed by atoms with Crippen molar-refractivity contribution in [1.82, 2.24) is 0 Å². The summed E-state index contributed by atoms with van der Waals surface area (Å²) in [6, 6.07) is 3.94. The highest BCUT2D eigenvalue weighted by atomic mass is 32.1. The lowest BCUT2D eigenvalue weighted by Crippen LogP contribution is -1.76. The molecule has 0 saturated carbocycles. The summed E-state index contributed by atoms with van der Waals surface area (Å²) in [6.07, 6.45) is 1.60. The summed E-state index contributed by atoms with van der Waals surface area (Å²) in [5.74, 6) is 0. The Morgan fingerprint density at radius 2 is 2.60 bits per heavy atom. The van der Waals surface area contributed by atoms with E-state index in [1.807, 2.05) is 24.4 Å². The molecule has 0 atom stereocenters. The average Bonchev–Trinajstić information content (AvgIpc) is 2.41. The van der Waals surface area contributed by atoms with Gasteiger partial charge in [-0.3, -0.25) is 0 Å². The summed E-state index contributed by atoms with van der Waals surface area (Å²) in [5.41, 5.74) is 0. The van der Waals surface area contributed by atoms with Crippen LogP contribution in [0.5, 0.6) is 0 Å². The van der Waals surface area contributed by atoms with E-state index in [0.29, 0.717) is 0 Å². The van der Waals surface area contributed by atoms with E-state index in [2.05, 4.69) is 5.16 Å². The summed E-state index contributed by atoms with van der Waals surface area (Å²) in [5, 5.41) is 5.56. The normalized spacial score (nSPS) is 10.5. The maximum atomic E-state index is 4.78. The fourth-order valence-electron chi connectivity index (χ4n) is 0.502. The first-order chi connectivity index (χ1) is 4.93. The summed E-state index contributed by atoms with van der Waals surface area (Å²) < 4.78 is 0.